The topological polar surface area (TPSA) is 145 Å². The van der Waals surface area contributed by atoms with E-state index >= 15 is 0 Å². The maximum Gasteiger partial charge on any atom is 0.418 e. The first kappa shape index (κ1) is 18.0. The van der Waals surface area contributed by atoms with Crippen LogP contribution >= 0.6 is 0 Å². The molecule has 3 fully saturated rings. The van der Waals surface area contributed by atoms with Crippen molar-refractivity contribution in [1.29, 1.82) is 0 Å². The molecule has 3 aliphatic rings. The summed E-state index contributed by atoms with van der Waals surface area (Å²) in [6.07, 6.45) is 2.13. The van der Waals surface area contributed by atoms with Gasteiger partial charge in [0.15, 0.2) is 0 Å². The second kappa shape index (κ2) is 6.86. The molecule has 3 heterocycles. The van der Waals surface area contributed by atoms with Crippen LogP contribution in [0.5, 0.6) is 0 Å². The van der Waals surface area contributed by atoms with Gasteiger partial charge in [-0.3, -0.25) is 19.5 Å². The molecular weight excluding hydrogens is 356 g/mol. The van der Waals surface area contributed by atoms with Crippen molar-refractivity contribution in [3.8, 4) is 0 Å². The summed E-state index contributed by atoms with van der Waals surface area (Å²) in [5, 5.41) is 6.00. The molecule has 12 heteroatoms. The Balaban J connectivity index is 1.63. The van der Waals surface area contributed by atoms with Crippen molar-refractivity contribution in [1.82, 2.24) is 20.6 Å². The van der Waals surface area contributed by atoms with Crippen LogP contribution in [0.2, 0.25) is 0 Å². The average Bonchev–Trinajstić information content (AvgIpc) is 2.79. The van der Waals surface area contributed by atoms with E-state index in [0.717, 1.165) is 17.9 Å². The third kappa shape index (κ3) is 3.92. The molecule has 11 nitrogen and oxygen atoms in total. The zero-order chi connectivity index (χ0) is 18.2. The van der Waals surface area contributed by atoms with E-state index in [2.05, 4.69) is 14.9 Å². The van der Waals surface area contributed by atoms with Gasteiger partial charge in [0.2, 0.25) is 11.8 Å². The lowest BCUT2D eigenvalue weighted by Gasteiger charge is -2.29. The third-order valence-electron chi connectivity index (χ3n) is 4.71. The second-order valence-electron chi connectivity index (χ2n) is 6.41. The molecule has 0 radical (unpaired) electrons. The molecule has 3 rings (SSSR count). The summed E-state index contributed by atoms with van der Waals surface area (Å²) < 4.78 is 34.8. The van der Waals surface area contributed by atoms with Crippen LogP contribution in [0.4, 0.5) is 4.79 Å². The number of fused-ring (bicyclic) bond motifs is 2. The van der Waals surface area contributed by atoms with Gasteiger partial charge in [0.25, 0.3) is 0 Å². The quantitative estimate of drug-likeness (QED) is 0.402. The maximum absolute atomic E-state index is 12.4. The number of hydroxylamine groups is 2. The van der Waals surface area contributed by atoms with E-state index in [1.807, 2.05) is 0 Å². The van der Waals surface area contributed by atoms with Crippen LogP contribution in [0.1, 0.15) is 25.7 Å². The fraction of sp³-hybridized carbons (Fsp3) is 0.769. The van der Waals surface area contributed by atoms with Crippen molar-refractivity contribution < 1.29 is 31.6 Å². The Bertz CT molecular complexity index is 676. The van der Waals surface area contributed by atoms with Gasteiger partial charge in [0.1, 0.15) is 6.04 Å². The summed E-state index contributed by atoms with van der Waals surface area (Å²) in [6, 6.07) is -2.27. The van der Waals surface area contributed by atoms with Crippen molar-refractivity contribution in [3.63, 3.8) is 0 Å². The summed E-state index contributed by atoms with van der Waals surface area (Å²) in [6.45, 7) is 1.43. The fourth-order valence-corrected chi connectivity index (χ4v) is 3.87. The molecule has 3 atom stereocenters. The van der Waals surface area contributed by atoms with Crippen molar-refractivity contribution in [2.24, 2.45) is 5.92 Å². The summed E-state index contributed by atoms with van der Waals surface area (Å²) in [4.78, 5) is 38.0. The van der Waals surface area contributed by atoms with E-state index < -0.39 is 34.4 Å². The van der Waals surface area contributed by atoms with E-state index in [4.69, 9.17) is 4.55 Å². The van der Waals surface area contributed by atoms with Gasteiger partial charge >= 0.3 is 16.4 Å². The standard InChI is InChI=1S/C13H20N4O7S/c18-11(8-2-1-5-14-6-8)15-12(19)10-4-3-9-7-16(10)13(20)17(9)24-25(21,22)23/h8-10,14H,1-7H2,(H,15,18,19)(H,21,22,23)/t8?,9?,10-/m0/s1. The van der Waals surface area contributed by atoms with Crippen LogP contribution in [0, 0.1) is 5.92 Å². The van der Waals surface area contributed by atoms with Crippen LogP contribution in [0.25, 0.3) is 0 Å². The molecule has 0 aromatic carbocycles. The minimum atomic E-state index is -4.83. The van der Waals surface area contributed by atoms with Gasteiger partial charge in [-0.2, -0.15) is 13.5 Å². The van der Waals surface area contributed by atoms with Crippen LogP contribution < -0.4 is 10.6 Å². The summed E-state index contributed by atoms with van der Waals surface area (Å²) in [5.41, 5.74) is 0. The Kier molecular flexibility index (Phi) is 4.95. The van der Waals surface area contributed by atoms with Gasteiger partial charge < -0.3 is 10.2 Å². The number of urea groups is 1. The number of hydrogen-bond acceptors (Lipinski definition) is 7. The minimum absolute atomic E-state index is 0.0889. The molecular formula is C13H20N4O7S. The van der Waals surface area contributed by atoms with Gasteiger partial charge in [-0.15, -0.1) is 4.28 Å². The van der Waals surface area contributed by atoms with Crippen molar-refractivity contribution in [2.45, 2.75) is 37.8 Å². The average molecular weight is 376 g/mol. The van der Waals surface area contributed by atoms with Crippen molar-refractivity contribution in [2.75, 3.05) is 19.6 Å². The highest BCUT2D eigenvalue weighted by molar-refractivity contribution is 7.80. The van der Waals surface area contributed by atoms with Gasteiger partial charge in [-0.05, 0) is 32.2 Å². The first-order chi connectivity index (χ1) is 11.8. The Morgan fingerprint density at radius 3 is 2.64 bits per heavy atom. The van der Waals surface area contributed by atoms with E-state index in [-0.39, 0.29) is 24.8 Å². The summed E-state index contributed by atoms with van der Waals surface area (Å²) in [5.74, 6) is -1.25. The Hall–Kier alpha value is -1.76. The molecule has 0 aromatic heterocycles. The molecule has 0 aliphatic carbocycles. The lowest BCUT2D eigenvalue weighted by molar-refractivity contribution is -0.135. The van der Waals surface area contributed by atoms with Crippen LogP contribution in [0.3, 0.4) is 0 Å². The molecule has 3 aliphatic heterocycles. The lowest BCUT2D eigenvalue weighted by atomic mass is 9.97. The largest absolute Gasteiger partial charge is 0.418 e. The molecule has 0 spiro atoms. The molecule has 3 N–H and O–H groups in total. The number of rotatable bonds is 4. The lowest BCUT2D eigenvalue weighted by Crippen LogP contribution is -2.53. The molecule has 4 amide bonds. The number of amides is 4. The first-order valence-corrected chi connectivity index (χ1v) is 9.45. The zero-order valence-electron chi connectivity index (χ0n) is 13.4. The van der Waals surface area contributed by atoms with E-state index in [1.165, 1.54) is 0 Å². The molecule has 140 valence electrons. The molecule has 2 unspecified atom stereocenters. The monoisotopic (exact) mass is 376 g/mol. The van der Waals surface area contributed by atoms with E-state index in [1.54, 1.807) is 0 Å². The normalized spacial score (nSPS) is 29.6. The van der Waals surface area contributed by atoms with Crippen LogP contribution in [-0.4, -0.2) is 72.5 Å². The summed E-state index contributed by atoms with van der Waals surface area (Å²) >= 11 is 0. The number of piperidine rings is 2. The number of imide groups is 1. The minimum Gasteiger partial charge on any atom is -0.316 e. The number of carbonyl (C=O) groups is 3. The Morgan fingerprint density at radius 2 is 2.00 bits per heavy atom. The van der Waals surface area contributed by atoms with Crippen LogP contribution in [-0.2, 0) is 24.3 Å². The molecule has 25 heavy (non-hydrogen) atoms. The predicted octanol–water partition coefficient (Wildman–Crippen LogP) is -1.37. The molecule has 3 saturated heterocycles. The SMILES string of the molecule is O=C(NC(=O)[C@@H]1CCC2CN1C(=O)N2OS(=O)(=O)O)C1CCCNC1. The zero-order valence-corrected chi connectivity index (χ0v) is 14.2. The fourth-order valence-electron chi connectivity index (χ4n) is 3.49. The second-order valence-corrected chi connectivity index (χ2v) is 7.41. The Morgan fingerprint density at radius 1 is 1.24 bits per heavy atom. The van der Waals surface area contributed by atoms with E-state index in [0.29, 0.717) is 24.4 Å². The van der Waals surface area contributed by atoms with Gasteiger partial charge in [0.05, 0.1) is 12.0 Å². The number of nitrogens with zero attached hydrogens (tertiary/aromatic N) is 2. The number of hydrogen-bond donors (Lipinski definition) is 3. The number of nitrogens with one attached hydrogen (secondary N) is 2. The van der Waals surface area contributed by atoms with Crippen molar-refractivity contribution in [3.05, 3.63) is 0 Å². The van der Waals surface area contributed by atoms with Crippen LogP contribution in [0.15, 0.2) is 0 Å². The van der Waals surface area contributed by atoms with Gasteiger partial charge in [0, 0.05) is 13.1 Å². The molecule has 0 aromatic rings. The van der Waals surface area contributed by atoms with Gasteiger partial charge in [-0.25, -0.2) is 4.79 Å². The first-order valence-electron chi connectivity index (χ1n) is 8.08. The number of carbonyl (C=O) groups excluding carboxylic acids is 3. The Labute approximate surface area is 144 Å². The smallest absolute Gasteiger partial charge is 0.316 e. The maximum atomic E-state index is 12.4. The predicted molar refractivity (Wildman–Crippen MR) is 82.1 cm³/mol. The van der Waals surface area contributed by atoms with Crippen molar-refractivity contribution >= 4 is 28.2 Å². The molecule has 0 saturated carbocycles. The third-order valence-corrected chi connectivity index (χ3v) is 5.06. The van der Waals surface area contributed by atoms with E-state index in [9.17, 15) is 22.8 Å². The van der Waals surface area contributed by atoms with Gasteiger partial charge in [-0.1, -0.05) is 0 Å². The highest BCUT2D eigenvalue weighted by atomic mass is 32.3. The highest BCUT2D eigenvalue weighted by Crippen LogP contribution is 2.30. The highest BCUT2D eigenvalue weighted by Gasteiger charge is 2.49. The molecule has 2 bridgehead atoms. The summed E-state index contributed by atoms with van der Waals surface area (Å²) in [7, 11) is -4.83.